The third kappa shape index (κ3) is 9.45. The van der Waals surface area contributed by atoms with Crippen molar-refractivity contribution in [2.45, 2.75) is 27.2 Å². The molecule has 2 aromatic rings. The fourth-order valence-electron chi connectivity index (χ4n) is 2.47. The van der Waals surface area contributed by atoms with Crippen LogP contribution in [-0.2, 0) is 9.53 Å². The zero-order chi connectivity index (χ0) is 24.9. The summed E-state index contributed by atoms with van der Waals surface area (Å²) < 4.78 is 16.0. The van der Waals surface area contributed by atoms with Gasteiger partial charge in [-0.05, 0) is 67.0 Å². The summed E-state index contributed by atoms with van der Waals surface area (Å²) in [5, 5.41) is 2.39. The summed E-state index contributed by atoms with van der Waals surface area (Å²) in [6.07, 6.45) is 0.740. The molecular weight excluding hydrogens is 458 g/mol. The van der Waals surface area contributed by atoms with Crippen LogP contribution in [0.3, 0.4) is 0 Å². The predicted octanol–water partition coefficient (Wildman–Crippen LogP) is 3.00. The molecule has 0 aromatic heterocycles. The summed E-state index contributed by atoms with van der Waals surface area (Å²) in [6.45, 7) is 6.55. The van der Waals surface area contributed by atoms with Gasteiger partial charge in [0.05, 0.1) is 18.8 Å². The highest BCUT2D eigenvalue weighted by Gasteiger charge is 2.11. The molecular formula is C24H29N3O6S. The van der Waals surface area contributed by atoms with Crippen LogP contribution in [0.2, 0.25) is 0 Å². The highest BCUT2D eigenvalue weighted by atomic mass is 32.1. The lowest BCUT2D eigenvalue weighted by molar-refractivity contribution is -0.123. The van der Waals surface area contributed by atoms with Crippen molar-refractivity contribution in [3.05, 3.63) is 59.7 Å². The topological polar surface area (TPSA) is 115 Å². The minimum Gasteiger partial charge on any atom is -0.493 e. The first kappa shape index (κ1) is 26.6. The first-order chi connectivity index (χ1) is 16.3. The molecule has 0 unspecified atom stereocenters. The van der Waals surface area contributed by atoms with E-state index < -0.39 is 17.8 Å². The van der Waals surface area contributed by atoms with Crippen LogP contribution < -0.4 is 25.6 Å². The van der Waals surface area contributed by atoms with E-state index >= 15 is 0 Å². The van der Waals surface area contributed by atoms with E-state index in [4.69, 9.17) is 26.4 Å². The molecule has 2 aromatic carbocycles. The Hall–Kier alpha value is -3.66. The SMILES string of the molecule is CCCOC(=O)c1ccc(OCC(=O)NNC(=S)NC(=O)c2cccc(OCC(C)C)c2)cc1. The Morgan fingerprint density at radius 2 is 1.68 bits per heavy atom. The molecule has 182 valence electrons. The van der Waals surface area contributed by atoms with Crippen molar-refractivity contribution in [3.63, 3.8) is 0 Å². The van der Waals surface area contributed by atoms with E-state index in [1.807, 2.05) is 20.8 Å². The van der Waals surface area contributed by atoms with Gasteiger partial charge < -0.3 is 14.2 Å². The molecule has 0 aliphatic carbocycles. The van der Waals surface area contributed by atoms with E-state index in [9.17, 15) is 14.4 Å². The molecule has 0 saturated carbocycles. The molecule has 3 N–H and O–H groups in total. The first-order valence-electron chi connectivity index (χ1n) is 10.8. The number of amides is 2. The Balaban J connectivity index is 1.73. The van der Waals surface area contributed by atoms with Crippen LogP contribution in [0, 0.1) is 5.92 Å². The second-order valence-corrected chi connectivity index (χ2v) is 8.05. The lowest BCUT2D eigenvalue weighted by Crippen LogP contribution is -2.49. The number of rotatable bonds is 10. The average Bonchev–Trinajstić information content (AvgIpc) is 2.83. The number of nitrogens with one attached hydrogen (secondary N) is 3. The lowest BCUT2D eigenvalue weighted by Gasteiger charge is -2.12. The van der Waals surface area contributed by atoms with Crippen LogP contribution >= 0.6 is 12.2 Å². The van der Waals surface area contributed by atoms with Crippen molar-refractivity contribution in [2.75, 3.05) is 19.8 Å². The quantitative estimate of drug-likeness (QED) is 0.266. The number of ether oxygens (including phenoxy) is 3. The van der Waals surface area contributed by atoms with Gasteiger partial charge in [-0.3, -0.25) is 25.8 Å². The summed E-state index contributed by atoms with van der Waals surface area (Å²) in [5.41, 5.74) is 5.54. The van der Waals surface area contributed by atoms with E-state index in [1.165, 1.54) is 0 Å². The Labute approximate surface area is 204 Å². The molecule has 2 amide bonds. The molecule has 0 radical (unpaired) electrons. The molecule has 0 atom stereocenters. The molecule has 34 heavy (non-hydrogen) atoms. The van der Waals surface area contributed by atoms with Crippen LogP contribution in [0.25, 0.3) is 0 Å². The van der Waals surface area contributed by atoms with Crippen molar-refractivity contribution in [1.82, 2.24) is 16.2 Å². The Morgan fingerprint density at radius 3 is 2.35 bits per heavy atom. The number of hydrazine groups is 1. The van der Waals surface area contributed by atoms with Gasteiger partial charge in [0.1, 0.15) is 11.5 Å². The number of hydrogen-bond acceptors (Lipinski definition) is 7. The number of carbonyl (C=O) groups is 3. The number of carbonyl (C=O) groups excluding carboxylic acids is 3. The maximum atomic E-state index is 12.4. The second kappa shape index (κ2) is 13.8. The van der Waals surface area contributed by atoms with Gasteiger partial charge >= 0.3 is 5.97 Å². The molecule has 0 fully saturated rings. The molecule has 0 aliphatic rings. The summed E-state index contributed by atoms with van der Waals surface area (Å²) in [4.78, 5) is 36.1. The number of esters is 1. The van der Waals surface area contributed by atoms with Crippen molar-refractivity contribution < 1.29 is 28.6 Å². The van der Waals surface area contributed by atoms with Gasteiger partial charge in [-0.25, -0.2) is 4.79 Å². The van der Waals surface area contributed by atoms with Crippen molar-refractivity contribution in [1.29, 1.82) is 0 Å². The number of thiocarbonyl (C=S) groups is 1. The summed E-state index contributed by atoms with van der Waals surface area (Å²) in [7, 11) is 0. The average molecular weight is 488 g/mol. The fourth-order valence-corrected chi connectivity index (χ4v) is 2.62. The van der Waals surface area contributed by atoms with Crippen molar-refractivity contribution in [3.8, 4) is 11.5 Å². The highest BCUT2D eigenvalue weighted by Crippen LogP contribution is 2.15. The molecule has 0 heterocycles. The van der Waals surface area contributed by atoms with E-state index in [0.717, 1.165) is 6.42 Å². The Kier molecular flexibility index (Phi) is 10.8. The normalized spacial score (nSPS) is 10.2. The monoisotopic (exact) mass is 487 g/mol. The molecule has 0 saturated heterocycles. The fraction of sp³-hybridized carbons (Fsp3) is 0.333. The molecule has 0 spiro atoms. The number of benzene rings is 2. The van der Waals surface area contributed by atoms with Gasteiger partial charge in [0.25, 0.3) is 11.8 Å². The standard InChI is InChI=1S/C24H29N3O6S/c1-4-12-31-23(30)17-8-10-19(11-9-17)33-15-21(28)26-27-24(34)25-22(29)18-6-5-7-20(13-18)32-14-16(2)3/h5-11,13,16H,4,12,14-15H2,1-3H3,(H,26,28)(H2,25,27,29,34). The largest absolute Gasteiger partial charge is 0.493 e. The van der Waals surface area contributed by atoms with Gasteiger partial charge in [0.2, 0.25) is 0 Å². The molecule has 9 nitrogen and oxygen atoms in total. The van der Waals surface area contributed by atoms with Gasteiger partial charge in [-0.1, -0.05) is 26.8 Å². The number of hydrogen-bond donors (Lipinski definition) is 3. The van der Waals surface area contributed by atoms with E-state index in [0.29, 0.717) is 41.8 Å². The summed E-state index contributed by atoms with van der Waals surface area (Å²) in [6, 6.07) is 12.9. The van der Waals surface area contributed by atoms with Crippen molar-refractivity contribution in [2.24, 2.45) is 5.92 Å². The third-order valence-corrected chi connectivity index (χ3v) is 4.32. The minimum absolute atomic E-state index is 0.0817. The zero-order valence-electron chi connectivity index (χ0n) is 19.4. The first-order valence-corrected chi connectivity index (χ1v) is 11.2. The van der Waals surface area contributed by atoms with Crippen LogP contribution in [0.1, 0.15) is 47.9 Å². The van der Waals surface area contributed by atoms with Crippen molar-refractivity contribution >= 4 is 35.1 Å². The molecule has 2 rings (SSSR count). The Bertz CT molecular complexity index is 994. The van der Waals surface area contributed by atoms with Crippen LogP contribution in [-0.4, -0.2) is 42.7 Å². The van der Waals surface area contributed by atoms with E-state index in [1.54, 1.807) is 48.5 Å². The third-order valence-electron chi connectivity index (χ3n) is 4.12. The Morgan fingerprint density at radius 1 is 0.941 bits per heavy atom. The van der Waals surface area contributed by atoms with E-state index in [-0.39, 0.29) is 11.7 Å². The minimum atomic E-state index is -0.521. The van der Waals surface area contributed by atoms with E-state index in [2.05, 4.69) is 16.2 Å². The van der Waals surface area contributed by atoms with Gasteiger partial charge in [-0.15, -0.1) is 0 Å². The lowest BCUT2D eigenvalue weighted by atomic mass is 10.2. The van der Waals surface area contributed by atoms with Gasteiger partial charge in [-0.2, -0.15) is 0 Å². The van der Waals surface area contributed by atoms with Crippen LogP contribution in [0.4, 0.5) is 0 Å². The van der Waals surface area contributed by atoms with Crippen LogP contribution in [0.15, 0.2) is 48.5 Å². The van der Waals surface area contributed by atoms with Gasteiger partial charge in [0.15, 0.2) is 11.7 Å². The summed E-state index contributed by atoms with van der Waals surface area (Å²) >= 11 is 5.04. The predicted molar refractivity (Wildman–Crippen MR) is 131 cm³/mol. The van der Waals surface area contributed by atoms with Crippen LogP contribution in [0.5, 0.6) is 11.5 Å². The van der Waals surface area contributed by atoms with Gasteiger partial charge in [0, 0.05) is 5.56 Å². The summed E-state index contributed by atoms with van der Waals surface area (Å²) in [5.74, 6) is -0.0480. The smallest absolute Gasteiger partial charge is 0.338 e. The molecule has 0 aliphatic heterocycles. The zero-order valence-corrected chi connectivity index (χ0v) is 20.2. The maximum Gasteiger partial charge on any atom is 0.338 e. The highest BCUT2D eigenvalue weighted by molar-refractivity contribution is 7.80. The second-order valence-electron chi connectivity index (χ2n) is 7.64. The molecule has 10 heteroatoms. The maximum absolute atomic E-state index is 12.4. The molecule has 0 bridgehead atoms.